The van der Waals surface area contributed by atoms with Crippen LogP contribution in [0.1, 0.15) is 24.6 Å². The van der Waals surface area contributed by atoms with Crippen LogP contribution in [0.2, 0.25) is 0 Å². The van der Waals surface area contributed by atoms with Crippen molar-refractivity contribution >= 4 is 23.2 Å². The number of benzene rings is 1. The van der Waals surface area contributed by atoms with Crippen molar-refractivity contribution in [1.29, 1.82) is 0 Å². The molecule has 9 heteroatoms. The minimum Gasteiger partial charge on any atom is -0.497 e. The number of hydrogen-bond donors (Lipinski definition) is 0. The number of morpholine rings is 1. The molecule has 0 saturated carbocycles. The number of rotatable bonds is 6. The van der Waals surface area contributed by atoms with E-state index in [9.17, 15) is 4.79 Å². The van der Waals surface area contributed by atoms with Crippen molar-refractivity contribution in [3.8, 4) is 11.5 Å². The average Bonchev–Trinajstić information content (AvgIpc) is 3.31. The normalized spacial score (nSPS) is 19.8. The second-order valence-corrected chi connectivity index (χ2v) is 8.38. The van der Waals surface area contributed by atoms with Crippen LogP contribution in [0.25, 0.3) is 0 Å². The zero-order valence-electron chi connectivity index (χ0n) is 19.3. The van der Waals surface area contributed by atoms with E-state index in [1.807, 2.05) is 24.4 Å². The SMILES string of the molecule is CCC1CN2C(=O)N(Cc3cc(OC)cc(OC)c3)c3cc(N4CCOCC4)cnc3C2=N1. The number of anilines is 2. The highest BCUT2D eigenvalue weighted by molar-refractivity contribution is 6.19. The largest absolute Gasteiger partial charge is 0.497 e. The Labute approximate surface area is 193 Å². The first kappa shape index (κ1) is 21.5. The fraction of sp³-hybridized carbons (Fsp3) is 0.458. The Bertz CT molecular complexity index is 1060. The highest BCUT2D eigenvalue weighted by Crippen LogP contribution is 2.36. The van der Waals surface area contributed by atoms with Crippen molar-refractivity contribution in [3.05, 3.63) is 41.7 Å². The van der Waals surface area contributed by atoms with Gasteiger partial charge in [0, 0.05) is 19.2 Å². The molecule has 174 valence electrons. The number of carbonyl (C=O) groups excluding carboxylic acids is 1. The minimum atomic E-state index is -0.0834. The molecule has 3 aliphatic heterocycles. The lowest BCUT2D eigenvalue weighted by Crippen LogP contribution is -2.50. The van der Waals surface area contributed by atoms with Crippen LogP contribution in [-0.4, -0.2) is 74.9 Å². The standard InChI is InChI=1S/C24H29N5O4/c1-4-17-15-29-23(26-17)22-21(11-18(13-25-22)27-5-7-33-8-6-27)28(24(29)30)14-16-9-19(31-2)12-20(10-16)32-3/h9-13,17H,4-8,14-15H2,1-3H3. The molecule has 2 aromatic rings. The number of hydrogen-bond acceptors (Lipinski definition) is 7. The second-order valence-electron chi connectivity index (χ2n) is 8.38. The van der Waals surface area contributed by atoms with E-state index in [0.717, 1.165) is 42.1 Å². The van der Waals surface area contributed by atoms with E-state index in [2.05, 4.69) is 17.9 Å². The summed E-state index contributed by atoms with van der Waals surface area (Å²) >= 11 is 0. The fourth-order valence-electron chi connectivity index (χ4n) is 4.52. The Morgan fingerprint density at radius 3 is 2.48 bits per heavy atom. The number of methoxy groups -OCH3 is 2. The minimum absolute atomic E-state index is 0.0834. The molecule has 0 N–H and O–H groups in total. The smallest absolute Gasteiger partial charge is 0.330 e. The van der Waals surface area contributed by atoms with Crippen LogP contribution in [0.5, 0.6) is 11.5 Å². The highest BCUT2D eigenvalue weighted by atomic mass is 16.5. The summed E-state index contributed by atoms with van der Waals surface area (Å²) in [4.78, 5) is 29.1. The molecule has 2 amide bonds. The fourth-order valence-corrected chi connectivity index (χ4v) is 4.52. The first-order chi connectivity index (χ1) is 16.1. The molecule has 1 aromatic carbocycles. The molecule has 3 aliphatic rings. The highest BCUT2D eigenvalue weighted by Gasteiger charge is 2.41. The lowest BCUT2D eigenvalue weighted by atomic mass is 10.1. The van der Waals surface area contributed by atoms with E-state index in [1.165, 1.54) is 0 Å². The van der Waals surface area contributed by atoms with E-state index in [-0.39, 0.29) is 12.1 Å². The van der Waals surface area contributed by atoms with Gasteiger partial charge in [0.25, 0.3) is 0 Å². The van der Waals surface area contributed by atoms with Gasteiger partial charge in [-0.3, -0.25) is 14.8 Å². The van der Waals surface area contributed by atoms with Gasteiger partial charge in [0.05, 0.1) is 64.1 Å². The summed E-state index contributed by atoms with van der Waals surface area (Å²) in [5, 5.41) is 0. The Kier molecular flexibility index (Phi) is 5.80. The summed E-state index contributed by atoms with van der Waals surface area (Å²) < 4.78 is 16.4. The molecule has 1 saturated heterocycles. The van der Waals surface area contributed by atoms with Crippen LogP contribution < -0.4 is 19.3 Å². The first-order valence-electron chi connectivity index (χ1n) is 11.3. The number of aromatic nitrogens is 1. The van der Waals surface area contributed by atoms with Crippen molar-refractivity contribution in [1.82, 2.24) is 9.88 Å². The second kappa shape index (κ2) is 8.90. The Morgan fingerprint density at radius 1 is 1.09 bits per heavy atom. The number of amides is 2. The van der Waals surface area contributed by atoms with Gasteiger partial charge in [-0.05, 0) is 30.2 Å². The Balaban J connectivity index is 1.56. The Hall–Kier alpha value is -3.33. The van der Waals surface area contributed by atoms with Crippen LogP contribution >= 0.6 is 0 Å². The van der Waals surface area contributed by atoms with E-state index in [4.69, 9.17) is 24.2 Å². The lowest BCUT2D eigenvalue weighted by Gasteiger charge is -2.36. The van der Waals surface area contributed by atoms with Gasteiger partial charge in [-0.1, -0.05) is 6.92 Å². The number of amidine groups is 1. The molecule has 0 radical (unpaired) electrons. The molecule has 1 aromatic heterocycles. The van der Waals surface area contributed by atoms with Crippen molar-refractivity contribution < 1.29 is 19.0 Å². The number of ether oxygens (including phenoxy) is 3. The van der Waals surface area contributed by atoms with E-state index in [0.29, 0.717) is 43.6 Å². The van der Waals surface area contributed by atoms with E-state index < -0.39 is 0 Å². The van der Waals surface area contributed by atoms with Gasteiger partial charge in [0.1, 0.15) is 17.2 Å². The number of pyridine rings is 1. The number of fused-ring (bicyclic) bond motifs is 3. The maximum absolute atomic E-state index is 13.7. The molecule has 9 nitrogen and oxygen atoms in total. The van der Waals surface area contributed by atoms with Crippen molar-refractivity contribution in [2.75, 3.05) is 56.9 Å². The van der Waals surface area contributed by atoms with Crippen molar-refractivity contribution in [3.63, 3.8) is 0 Å². The van der Waals surface area contributed by atoms with E-state index >= 15 is 0 Å². The Morgan fingerprint density at radius 2 is 1.82 bits per heavy atom. The van der Waals surface area contributed by atoms with Crippen LogP contribution in [0.4, 0.5) is 16.2 Å². The van der Waals surface area contributed by atoms with Gasteiger partial charge in [-0.2, -0.15) is 0 Å². The summed E-state index contributed by atoms with van der Waals surface area (Å²) in [5.41, 5.74) is 3.42. The lowest BCUT2D eigenvalue weighted by molar-refractivity contribution is 0.122. The number of nitrogens with zero attached hydrogens (tertiary/aromatic N) is 5. The maximum atomic E-state index is 13.7. The predicted octanol–water partition coefficient (Wildman–Crippen LogP) is 2.92. The maximum Gasteiger partial charge on any atom is 0.330 e. The molecular formula is C24H29N5O4. The van der Waals surface area contributed by atoms with Gasteiger partial charge >= 0.3 is 6.03 Å². The topological polar surface area (TPSA) is 79.7 Å². The van der Waals surface area contributed by atoms with Crippen LogP contribution in [0.15, 0.2) is 35.5 Å². The van der Waals surface area contributed by atoms with E-state index in [1.54, 1.807) is 24.0 Å². The third-order valence-corrected chi connectivity index (χ3v) is 6.37. The number of urea groups is 1. The zero-order valence-corrected chi connectivity index (χ0v) is 19.3. The molecular weight excluding hydrogens is 422 g/mol. The van der Waals surface area contributed by atoms with Gasteiger partial charge in [-0.25, -0.2) is 9.78 Å². The van der Waals surface area contributed by atoms with Gasteiger partial charge in [0.15, 0.2) is 5.84 Å². The van der Waals surface area contributed by atoms with Crippen LogP contribution in [0, 0.1) is 0 Å². The summed E-state index contributed by atoms with van der Waals surface area (Å²) in [6.45, 7) is 6.00. The predicted molar refractivity (Wildman–Crippen MR) is 126 cm³/mol. The first-order valence-corrected chi connectivity index (χ1v) is 11.3. The number of carbonyl (C=O) groups is 1. The quantitative estimate of drug-likeness (QED) is 0.672. The number of aliphatic imine (C=N–C) groups is 1. The van der Waals surface area contributed by atoms with Crippen molar-refractivity contribution in [2.24, 2.45) is 4.99 Å². The van der Waals surface area contributed by atoms with Gasteiger partial charge < -0.3 is 19.1 Å². The molecule has 33 heavy (non-hydrogen) atoms. The molecule has 1 fully saturated rings. The molecule has 4 heterocycles. The van der Waals surface area contributed by atoms with Gasteiger partial charge in [0.2, 0.25) is 0 Å². The summed E-state index contributed by atoms with van der Waals surface area (Å²) in [6, 6.07) is 7.75. The summed E-state index contributed by atoms with van der Waals surface area (Å²) in [6.07, 6.45) is 2.76. The third-order valence-electron chi connectivity index (χ3n) is 6.37. The zero-order chi connectivity index (χ0) is 22.9. The summed E-state index contributed by atoms with van der Waals surface area (Å²) in [7, 11) is 3.24. The van der Waals surface area contributed by atoms with Crippen LogP contribution in [-0.2, 0) is 11.3 Å². The molecule has 1 unspecified atom stereocenters. The molecule has 0 aliphatic carbocycles. The molecule has 0 spiro atoms. The third kappa shape index (κ3) is 3.97. The van der Waals surface area contributed by atoms with Crippen LogP contribution in [0.3, 0.4) is 0 Å². The summed E-state index contributed by atoms with van der Waals surface area (Å²) in [5.74, 6) is 2.04. The van der Waals surface area contributed by atoms with Crippen molar-refractivity contribution in [2.45, 2.75) is 25.9 Å². The monoisotopic (exact) mass is 451 g/mol. The van der Waals surface area contributed by atoms with Gasteiger partial charge in [-0.15, -0.1) is 0 Å². The molecule has 5 rings (SSSR count). The average molecular weight is 452 g/mol. The molecule has 1 atom stereocenters. The molecule has 0 bridgehead atoms.